The molecule has 102 valence electrons. The van der Waals surface area contributed by atoms with Crippen molar-refractivity contribution in [3.8, 4) is 0 Å². The van der Waals surface area contributed by atoms with Crippen LogP contribution in [-0.4, -0.2) is 28.2 Å². The lowest BCUT2D eigenvalue weighted by atomic mass is 9.80. The third kappa shape index (κ3) is 3.81. The summed E-state index contributed by atoms with van der Waals surface area (Å²) in [6.45, 7) is 0.134. The number of carbonyl (C=O) groups excluding carboxylic acids is 1. The second kappa shape index (κ2) is 6.69. The Labute approximate surface area is 116 Å². The van der Waals surface area contributed by atoms with Gasteiger partial charge in [0, 0.05) is 23.5 Å². The largest absolute Gasteiger partial charge is 0.492 e. The van der Waals surface area contributed by atoms with E-state index in [4.69, 9.17) is 14.8 Å². The van der Waals surface area contributed by atoms with Crippen molar-refractivity contribution in [2.24, 2.45) is 0 Å². The Hall–Kier alpha value is -2.38. The highest BCUT2D eigenvalue weighted by atomic mass is 16.5. The number of rotatable bonds is 4. The van der Waals surface area contributed by atoms with Crippen molar-refractivity contribution in [3.63, 3.8) is 0 Å². The van der Waals surface area contributed by atoms with E-state index in [9.17, 15) is 4.79 Å². The standard InChI is InChI=1S/C13H13BN2O4/c17-13(20-9-10-4-2-1-3-5-10)16-12-6-7-15-8-11(12)14(18)19/h1-8,18-19H,9H2,(H,15,16,17). The molecule has 1 aromatic heterocycles. The summed E-state index contributed by atoms with van der Waals surface area (Å²) in [5.41, 5.74) is 1.21. The van der Waals surface area contributed by atoms with Crippen LogP contribution in [0.25, 0.3) is 0 Å². The van der Waals surface area contributed by atoms with Gasteiger partial charge in [-0.2, -0.15) is 0 Å². The monoisotopic (exact) mass is 272 g/mol. The minimum absolute atomic E-state index is 0.101. The van der Waals surface area contributed by atoms with E-state index in [1.54, 1.807) is 0 Å². The number of ether oxygens (including phenoxy) is 1. The van der Waals surface area contributed by atoms with Gasteiger partial charge in [-0.3, -0.25) is 10.3 Å². The van der Waals surface area contributed by atoms with Gasteiger partial charge in [0.1, 0.15) is 6.61 Å². The smallest absolute Gasteiger partial charge is 0.444 e. The number of nitrogens with zero attached hydrogens (tertiary/aromatic N) is 1. The van der Waals surface area contributed by atoms with Crippen molar-refractivity contribution in [1.82, 2.24) is 4.98 Å². The minimum atomic E-state index is -1.71. The number of hydrogen-bond donors (Lipinski definition) is 3. The van der Waals surface area contributed by atoms with E-state index in [0.717, 1.165) is 5.56 Å². The molecule has 1 aromatic carbocycles. The van der Waals surface area contributed by atoms with Crippen LogP contribution < -0.4 is 10.8 Å². The van der Waals surface area contributed by atoms with Gasteiger partial charge < -0.3 is 14.8 Å². The summed E-state index contributed by atoms with van der Waals surface area (Å²) < 4.78 is 5.03. The number of carbonyl (C=O) groups is 1. The lowest BCUT2D eigenvalue weighted by molar-refractivity contribution is 0.155. The number of amides is 1. The predicted octanol–water partition coefficient (Wildman–Crippen LogP) is 0.510. The van der Waals surface area contributed by atoms with Crippen molar-refractivity contribution < 1.29 is 19.6 Å². The molecule has 0 saturated heterocycles. The number of hydrogen-bond acceptors (Lipinski definition) is 5. The molecule has 0 unspecified atom stereocenters. The SMILES string of the molecule is O=C(Nc1ccncc1B(O)O)OCc1ccccc1. The maximum absolute atomic E-state index is 11.6. The molecule has 2 aromatic rings. The van der Waals surface area contributed by atoms with Gasteiger partial charge in [-0.05, 0) is 11.6 Å². The van der Waals surface area contributed by atoms with Crippen molar-refractivity contribution in [2.45, 2.75) is 6.61 Å². The van der Waals surface area contributed by atoms with Crippen LogP contribution >= 0.6 is 0 Å². The van der Waals surface area contributed by atoms with Crippen LogP contribution in [0.3, 0.4) is 0 Å². The highest BCUT2D eigenvalue weighted by molar-refractivity contribution is 6.60. The fourth-order valence-corrected chi connectivity index (χ4v) is 1.60. The quantitative estimate of drug-likeness (QED) is 0.705. The van der Waals surface area contributed by atoms with Crippen LogP contribution in [0.4, 0.5) is 10.5 Å². The van der Waals surface area contributed by atoms with Gasteiger partial charge in [-0.1, -0.05) is 30.3 Å². The van der Waals surface area contributed by atoms with Crippen LogP contribution in [-0.2, 0) is 11.3 Å². The highest BCUT2D eigenvalue weighted by Crippen LogP contribution is 2.05. The zero-order valence-corrected chi connectivity index (χ0v) is 10.6. The molecular formula is C13H13BN2O4. The zero-order valence-electron chi connectivity index (χ0n) is 10.6. The van der Waals surface area contributed by atoms with Gasteiger partial charge in [0.05, 0.1) is 0 Å². The summed E-state index contributed by atoms with van der Waals surface area (Å²) >= 11 is 0. The molecule has 20 heavy (non-hydrogen) atoms. The fraction of sp³-hybridized carbons (Fsp3) is 0.0769. The average molecular weight is 272 g/mol. The van der Waals surface area contributed by atoms with Crippen molar-refractivity contribution in [2.75, 3.05) is 5.32 Å². The molecule has 0 aliphatic heterocycles. The molecule has 7 heteroatoms. The number of anilines is 1. The first-order chi connectivity index (χ1) is 9.66. The summed E-state index contributed by atoms with van der Waals surface area (Å²) in [6.07, 6.45) is 2.01. The van der Waals surface area contributed by atoms with Crippen molar-refractivity contribution >= 4 is 24.4 Å². The second-order valence-electron chi connectivity index (χ2n) is 4.02. The molecule has 3 N–H and O–H groups in total. The lowest BCUT2D eigenvalue weighted by Gasteiger charge is -2.10. The average Bonchev–Trinajstić information content (AvgIpc) is 2.46. The van der Waals surface area contributed by atoms with E-state index >= 15 is 0 Å². The Morgan fingerprint density at radius 3 is 2.70 bits per heavy atom. The Morgan fingerprint density at radius 1 is 1.25 bits per heavy atom. The topological polar surface area (TPSA) is 91.7 Å². The molecule has 2 rings (SSSR count). The van der Waals surface area contributed by atoms with Crippen LogP contribution in [0, 0.1) is 0 Å². The highest BCUT2D eigenvalue weighted by Gasteiger charge is 2.17. The molecule has 0 aliphatic rings. The van der Waals surface area contributed by atoms with E-state index in [1.165, 1.54) is 18.5 Å². The normalized spacial score (nSPS) is 9.90. The summed E-state index contributed by atoms with van der Waals surface area (Å²) in [5.74, 6) is 0. The Balaban J connectivity index is 1.95. The fourth-order valence-electron chi connectivity index (χ4n) is 1.60. The van der Waals surface area contributed by atoms with E-state index in [-0.39, 0.29) is 17.8 Å². The van der Waals surface area contributed by atoms with E-state index in [0.29, 0.717) is 0 Å². The second-order valence-corrected chi connectivity index (χ2v) is 4.02. The van der Waals surface area contributed by atoms with Crippen molar-refractivity contribution in [1.29, 1.82) is 0 Å². The molecule has 0 saturated carbocycles. The summed E-state index contributed by atoms with van der Waals surface area (Å²) in [5, 5.41) is 20.7. The predicted molar refractivity (Wildman–Crippen MR) is 74.3 cm³/mol. The molecule has 0 bridgehead atoms. The molecule has 1 amide bonds. The zero-order chi connectivity index (χ0) is 14.4. The van der Waals surface area contributed by atoms with E-state index < -0.39 is 13.2 Å². The molecule has 0 spiro atoms. The molecule has 0 aliphatic carbocycles. The first-order valence-corrected chi connectivity index (χ1v) is 5.94. The summed E-state index contributed by atoms with van der Waals surface area (Å²) in [6, 6.07) is 10.7. The Morgan fingerprint density at radius 2 is 2.00 bits per heavy atom. The third-order valence-electron chi connectivity index (χ3n) is 2.58. The van der Waals surface area contributed by atoms with Crippen LogP contribution in [0.15, 0.2) is 48.8 Å². The number of nitrogens with one attached hydrogen (secondary N) is 1. The summed E-state index contributed by atoms with van der Waals surface area (Å²) in [4.78, 5) is 15.4. The van der Waals surface area contributed by atoms with Gasteiger partial charge in [0.25, 0.3) is 0 Å². The number of pyridine rings is 1. The molecule has 6 nitrogen and oxygen atoms in total. The van der Waals surface area contributed by atoms with E-state index in [1.807, 2.05) is 30.3 Å². The molecule has 0 radical (unpaired) electrons. The Kier molecular flexibility index (Phi) is 4.70. The third-order valence-corrected chi connectivity index (χ3v) is 2.58. The first-order valence-electron chi connectivity index (χ1n) is 5.94. The van der Waals surface area contributed by atoms with Crippen LogP contribution in [0.5, 0.6) is 0 Å². The maximum atomic E-state index is 11.6. The molecular weight excluding hydrogens is 259 g/mol. The molecule has 1 heterocycles. The van der Waals surface area contributed by atoms with Crippen LogP contribution in [0.1, 0.15) is 5.56 Å². The summed E-state index contributed by atoms with van der Waals surface area (Å²) in [7, 11) is -1.71. The minimum Gasteiger partial charge on any atom is -0.444 e. The lowest BCUT2D eigenvalue weighted by Crippen LogP contribution is -2.34. The van der Waals surface area contributed by atoms with Gasteiger partial charge in [0.2, 0.25) is 0 Å². The van der Waals surface area contributed by atoms with E-state index in [2.05, 4.69) is 10.3 Å². The van der Waals surface area contributed by atoms with Gasteiger partial charge >= 0.3 is 13.2 Å². The molecule has 0 atom stereocenters. The van der Waals surface area contributed by atoms with Gasteiger partial charge in [0.15, 0.2) is 0 Å². The number of aromatic nitrogens is 1. The van der Waals surface area contributed by atoms with Crippen molar-refractivity contribution in [3.05, 3.63) is 54.4 Å². The van der Waals surface area contributed by atoms with Gasteiger partial charge in [-0.25, -0.2) is 4.79 Å². The molecule has 0 fully saturated rings. The maximum Gasteiger partial charge on any atom is 0.492 e. The van der Waals surface area contributed by atoms with Crippen LogP contribution in [0.2, 0.25) is 0 Å². The first kappa shape index (κ1) is 14.0. The number of benzene rings is 1. The van der Waals surface area contributed by atoms with Gasteiger partial charge in [-0.15, -0.1) is 0 Å². The Bertz CT molecular complexity index is 578.